The minimum absolute atomic E-state index is 0.0561. The molecule has 4 heteroatoms. The van der Waals surface area contributed by atoms with Gasteiger partial charge in [0.2, 0.25) is 0 Å². The van der Waals surface area contributed by atoms with Gasteiger partial charge in [-0.2, -0.15) is 5.10 Å². The second kappa shape index (κ2) is 8.38. The summed E-state index contributed by atoms with van der Waals surface area (Å²) < 4.78 is 0. The third-order valence-electron chi connectivity index (χ3n) is 6.50. The van der Waals surface area contributed by atoms with Gasteiger partial charge in [-0.3, -0.25) is 9.89 Å². The van der Waals surface area contributed by atoms with Crippen molar-refractivity contribution in [2.24, 2.45) is 0 Å². The molecule has 4 nitrogen and oxygen atoms in total. The summed E-state index contributed by atoms with van der Waals surface area (Å²) in [6, 6.07) is 24.1. The highest BCUT2D eigenvalue weighted by atomic mass is 16.1. The van der Waals surface area contributed by atoms with Gasteiger partial charge in [-0.05, 0) is 49.1 Å². The van der Waals surface area contributed by atoms with Gasteiger partial charge >= 0.3 is 0 Å². The number of aromatic amines is 1. The number of para-hydroxylation sites is 1. The number of carbonyl (C=O) groups excluding carboxylic acids is 1. The summed E-state index contributed by atoms with van der Waals surface area (Å²) in [5, 5.41) is 8.89. The Morgan fingerprint density at radius 2 is 1.71 bits per heavy atom. The Morgan fingerprint density at radius 1 is 0.968 bits per heavy atom. The van der Waals surface area contributed by atoms with Gasteiger partial charge in [0.25, 0.3) is 0 Å². The molecule has 0 radical (unpaired) electrons. The molecule has 1 N–H and O–H groups in total. The highest BCUT2D eigenvalue weighted by molar-refractivity contribution is 6.10. The quantitative estimate of drug-likeness (QED) is 0.428. The summed E-state index contributed by atoms with van der Waals surface area (Å²) in [4.78, 5) is 15.4. The lowest BCUT2D eigenvalue weighted by Crippen LogP contribution is -2.33. The molecule has 0 unspecified atom stereocenters. The summed E-state index contributed by atoms with van der Waals surface area (Å²) >= 11 is 0. The van der Waals surface area contributed by atoms with Crippen molar-refractivity contribution in [1.29, 1.82) is 0 Å². The summed E-state index contributed by atoms with van der Waals surface area (Å²) in [7, 11) is 0. The molecule has 0 saturated carbocycles. The van der Waals surface area contributed by atoms with Gasteiger partial charge in [-0.15, -0.1) is 0 Å². The van der Waals surface area contributed by atoms with Crippen LogP contribution in [-0.4, -0.2) is 29.1 Å². The Hall–Kier alpha value is -3.40. The first-order chi connectivity index (χ1) is 15.2. The van der Waals surface area contributed by atoms with Crippen molar-refractivity contribution < 1.29 is 4.79 Å². The molecular formula is C27H27N3O. The molecule has 1 aliphatic heterocycles. The van der Waals surface area contributed by atoms with E-state index in [0.29, 0.717) is 5.92 Å². The maximum absolute atomic E-state index is 12.9. The SMILES string of the molecule is CCc1ccccc1N1CCC(c2[nH]nc3ccc(C(=O)c4ccccc4)cc23)CC1. The lowest BCUT2D eigenvalue weighted by molar-refractivity contribution is 0.103. The third-order valence-corrected chi connectivity index (χ3v) is 6.50. The topological polar surface area (TPSA) is 49.0 Å². The van der Waals surface area contributed by atoms with E-state index in [1.165, 1.54) is 16.9 Å². The number of fused-ring (bicyclic) bond motifs is 1. The molecule has 0 amide bonds. The van der Waals surface area contributed by atoms with Crippen LogP contribution in [0.4, 0.5) is 5.69 Å². The van der Waals surface area contributed by atoms with Crippen LogP contribution < -0.4 is 4.90 Å². The van der Waals surface area contributed by atoms with Crippen molar-refractivity contribution in [2.45, 2.75) is 32.1 Å². The zero-order valence-corrected chi connectivity index (χ0v) is 17.8. The summed E-state index contributed by atoms with van der Waals surface area (Å²) in [6.45, 7) is 4.28. The molecule has 2 heterocycles. The van der Waals surface area contributed by atoms with E-state index < -0.39 is 0 Å². The predicted octanol–water partition coefficient (Wildman–Crippen LogP) is 5.74. The number of nitrogens with one attached hydrogen (secondary N) is 1. The van der Waals surface area contributed by atoms with E-state index in [9.17, 15) is 4.79 Å². The smallest absolute Gasteiger partial charge is 0.193 e. The van der Waals surface area contributed by atoms with Crippen LogP contribution in [0.1, 0.15) is 52.9 Å². The molecule has 0 bridgehead atoms. The van der Waals surface area contributed by atoms with Gasteiger partial charge in [-0.25, -0.2) is 0 Å². The molecule has 1 aromatic heterocycles. The minimum atomic E-state index is 0.0561. The van der Waals surface area contributed by atoms with Gasteiger partial charge in [-0.1, -0.05) is 55.5 Å². The average molecular weight is 410 g/mol. The number of rotatable bonds is 5. The van der Waals surface area contributed by atoms with Gasteiger partial charge < -0.3 is 4.90 Å². The van der Waals surface area contributed by atoms with Crippen LogP contribution in [0.5, 0.6) is 0 Å². The van der Waals surface area contributed by atoms with Crippen molar-refractivity contribution in [3.05, 3.63) is 95.2 Å². The number of aryl methyl sites for hydroxylation is 1. The van der Waals surface area contributed by atoms with Crippen LogP contribution in [0, 0.1) is 0 Å². The van der Waals surface area contributed by atoms with Crippen LogP contribution in [-0.2, 0) is 6.42 Å². The largest absolute Gasteiger partial charge is 0.371 e. The van der Waals surface area contributed by atoms with Gasteiger partial charge in [0, 0.05) is 46.9 Å². The lowest BCUT2D eigenvalue weighted by atomic mass is 9.90. The molecular weight excluding hydrogens is 382 g/mol. The summed E-state index contributed by atoms with van der Waals surface area (Å²) in [5.41, 5.74) is 6.32. The number of anilines is 1. The Bertz CT molecular complexity index is 1200. The first-order valence-electron chi connectivity index (χ1n) is 11.1. The Balaban J connectivity index is 1.38. The molecule has 0 spiro atoms. The van der Waals surface area contributed by atoms with Gasteiger partial charge in [0.1, 0.15) is 0 Å². The average Bonchev–Trinajstić information content (AvgIpc) is 3.27. The highest BCUT2D eigenvalue weighted by Crippen LogP contribution is 2.34. The molecule has 1 saturated heterocycles. The number of nitrogens with zero attached hydrogens (tertiary/aromatic N) is 2. The summed E-state index contributed by atoms with van der Waals surface area (Å²) in [5.74, 6) is 0.484. The number of benzene rings is 3. The van der Waals surface area contributed by atoms with E-state index in [1.807, 2.05) is 48.5 Å². The van der Waals surface area contributed by atoms with E-state index >= 15 is 0 Å². The number of piperidine rings is 1. The van der Waals surface area contributed by atoms with E-state index in [-0.39, 0.29) is 5.78 Å². The monoisotopic (exact) mass is 409 g/mol. The van der Waals surface area contributed by atoms with Crippen LogP contribution in [0.2, 0.25) is 0 Å². The Kier molecular flexibility index (Phi) is 5.29. The fraction of sp³-hybridized carbons (Fsp3) is 0.259. The number of carbonyl (C=O) groups is 1. The predicted molar refractivity (Wildman–Crippen MR) is 126 cm³/mol. The Labute approximate surface area is 182 Å². The first kappa shape index (κ1) is 19.6. The number of hydrogen-bond donors (Lipinski definition) is 1. The number of H-pyrrole nitrogens is 1. The van der Waals surface area contributed by atoms with E-state index in [1.54, 1.807) is 0 Å². The van der Waals surface area contributed by atoms with E-state index in [2.05, 4.69) is 46.3 Å². The molecule has 5 rings (SSSR count). The van der Waals surface area contributed by atoms with Gasteiger partial charge in [0.15, 0.2) is 5.78 Å². The van der Waals surface area contributed by atoms with Crippen molar-refractivity contribution in [3.63, 3.8) is 0 Å². The Morgan fingerprint density at radius 3 is 2.48 bits per heavy atom. The number of hydrogen-bond acceptors (Lipinski definition) is 3. The van der Waals surface area contributed by atoms with Crippen LogP contribution in [0.15, 0.2) is 72.8 Å². The van der Waals surface area contributed by atoms with Crippen molar-refractivity contribution in [1.82, 2.24) is 10.2 Å². The highest BCUT2D eigenvalue weighted by Gasteiger charge is 2.25. The van der Waals surface area contributed by atoms with Crippen molar-refractivity contribution >= 4 is 22.4 Å². The molecule has 0 atom stereocenters. The molecule has 31 heavy (non-hydrogen) atoms. The normalized spacial score (nSPS) is 14.8. The lowest BCUT2D eigenvalue weighted by Gasteiger charge is -2.34. The molecule has 1 aliphatic rings. The third kappa shape index (κ3) is 3.74. The fourth-order valence-corrected chi connectivity index (χ4v) is 4.77. The van der Waals surface area contributed by atoms with Crippen LogP contribution in [0.25, 0.3) is 10.9 Å². The standard InChI is InChI=1S/C27H27N3O/c1-2-19-8-6-7-11-25(19)30-16-14-20(15-17-30)26-23-18-22(12-13-24(23)28-29-26)27(31)21-9-4-3-5-10-21/h3-13,18,20H,2,14-17H2,1H3,(H,28,29). The fourth-order valence-electron chi connectivity index (χ4n) is 4.77. The molecule has 1 fully saturated rings. The second-order valence-corrected chi connectivity index (χ2v) is 8.31. The molecule has 3 aromatic carbocycles. The first-order valence-corrected chi connectivity index (χ1v) is 11.1. The van der Waals surface area contributed by atoms with Gasteiger partial charge in [0.05, 0.1) is 5.52 Å². The molecule has 4 aromatic rings. The van der Waals surface area contributed by atoms with Crippen LogP contribution in [0.3, 0.4) is 0 Å². The van der Waals surface area contributed by atoms with Crippen LogP contribution >= 0.6 is 0 Å². The zero-order chi connectivity index (χ0) is 21.2. The van der Waals surface area contributed by atoms with E-state index in [4.69, 9.17) is 0 Å². The maximum Gasteiger partial charge on any atom is 0.193 e. The number of ketones is 1. The zero-order valence-electron chi connectivity index (χ0n) is 17.8. The molecule has 0 aliphatic carbocycles. The second-order valence-electron chi connectivity index (χ2n) is 8.31. The number of aromatic nitrogens is 2. The molecule has 156 valence electrons. The van der Waals surface area contributed by atoms with Crippen molar-refractivity contribution in [2.75, 3.05) is 18.0 Å². The minimum Gasteiger partial charge on any atom is -0.371 e. The van der Waals surface area contributed by atoms with Crippen molar-refractivity contribution in [3.8, 4) is 0 Å². The van der Waals surface area contributed by atoms with E-state index in [0.717, 1.165) is 54.4 Å². The summed E-state index contributed by atoms with van der Waals surface area (Å²) in [6.07, 6.45) is 3.21. The maximum atomic E-state index is 12.9.